The molecule has 0 atom stereocenters. The number of hydrogen-bond acceptors (Lipinski definition) is 4. The second-order valence-corrected chi connectivity index (χ2v) is 5.48. The molecule has 2 N–H and O–H groups in total. The second kappa shape index (κ2) is 4.82. The molecule has 1 saturated carbocycles. The van der Waals surface area contributed by atoms with Crippen LogP contribution in [0, 0.1) is 5.92 Å². The van der Waals surface area contributed by atoms with Gasteiger partial charge in [-0.15, -0.1) is 0 Å². The van der Waals surface area contributed by atoms with Gasteiger partial charge in [-0.25, -0.2) is 4.99 Å². The van der Waals surface area contributed by atoms with E-state index in [0.29, 0.717) is 22.5 Å². The molecule has 3 rings (SSSR count). The third-order valence-corrected chi connectivity index (χ3v) is 4.21. The molecule has 1 aliphatic carbocycles. The predicted molar refractivity (Wildman–Crippen MR) is 75.7 cm³/mol. The van der Waals surface area contributed by atoms with Crippen molar-refractivity contribution in [1.82, 2.24) is 8.75 Å². The van der Waals surface area contributed by atoms with Crippen molar-refractivity contribution in [2.24, 2.45) is 16.6 Å². The van der Waals surface area contributed by atoms with E-state index in [1.165, 1.54) is 24.6 Å². The third kappa shape index (κ3) is 2.08. The van der Waals surface area contributed by atoms with Gasteiger partial charge in [-0.1, -0.05) is 24.4 Å². The molecule has 0 aliphatic heterocycles. The summed E-state index contributed by atoms with van der Waals surface area (Å²) >= 11 is 7.35. The molecule has 2 aromatic rings. The molecule has 0 radical (unpaired) electrons. The quantitative estimate of drug-likeness (QED) is 0.676. The maximum Gasteiger partial charge on any atom is 0.132 e. The summed E-state index contributed by atoms with van der Waals surface area (Å²) in [6.07, 6.45) is 4.71. The van der Waals surface area contributed by atoms with E-state index in [1.807, 2.05) is 6.07 Å². The summed E-state index contributed by atoms with van der Waals surface area (Å²) in [4.78, 5) is 4.51. The van der Waals surface area contributed by atoms with Crippen molar-refractivity contribution in [3.05, 3.63) is 17.2 Å². The van der Waals surface area contributed by atoms with Crippen LogP contribution in [0.5, 0.6) is 0 Å². The van der Waals surface area contributed by atoms with Gasteiger partial charge in [0.15, 0.2) is 0 Å². The van der Waals surface area contributed by atoms with Gasteiger partial charge in [-0.05, 0) is 25.0 Å². The fourth-order valence-electron chi connectivity index (χ4n) is 2.36. The first kappa shape index (κ1) is 11.9. The van der Waals surface area contributed by atoms with Crippen LogP contribution in [-0.4, -0.2) is 14.6 Å². The molecule has 0 amide bonds. The van der Waals surface area contributed by atoms with E-state index >= 15 is 0 Å². The van der Waals surface area contributed by atoms with Crippen molar-refractivity contribution < 1.29 is 0 Å². The van der Waals surface area contributed by atoms with E-state index in [9.17, 15) is 0 Å². The van der Waals surface area contributed by atoms with E-state index in [4.69, 9.17) is 17.3 Å². The summed E-state index contributed by atoms with van der Waals surface area (Å²) in [5.41, 5.74) is 8.31. The SMILES string of the molecule is NC(=Nc1c(Cl)ccc2nsnc12)C1CCCC1. The van der Waals surface area contributed by atoms with E-state index in [-0.39, 0.29) is 0 Å². The van der Waals surface area contributed by atoms with Gasteiger partial charge in [0.05, 0.1) is 16.8 Å². The first-order chi connectivity index (χ1) is 8.75. The summed E-state index contributed by atoms with van der Waals surface area (Å²) in [6, 6.07) is 3.65. The number of aromatic nitrogens is 2. The maximum absolute atomic E-state index is 6.19. The molecule has 1 aromatic carbocycles. The highest BCUT2D eigenvalue weighted by molar-refractivity contribution is 7.00. The summed E-state index contributed by atoms with van der Waals surface area (Å²) in [7, 11) is 0. The zero-order chi connectivity index (χ0) is 12.5. The van der Waals surface area contributed by atoms with E-state index < -0.39 is 0 Å². The Kier molecular flexibility index (Phi) is 3.18. The lowest BCUT2D eigenvalue weighted by molar-refractivity contribution is 0.722. The highest BCUT2D eigenvalue weighted by Gasteiger charge is 2.19. The molecular formula is C12H13ClN4S. The number of hydrogen-bond donors (Lipinski definition) is 1. The van der Waals surface area contributed by atoms with Gasteiger partial charge in [-0.3, -0.25) is 0 Å². The smallest absolute Gasteiger partial charge is 0.132 e. The topological polar surface area (TPSA) is 64.2 Å². The van der Waals surface area contributed by atoms with Gasteiger partial charge in [0.1, 0.15) is 22.6 Å². The average Bonchev–Trinajstić information content (AvgIpc) is 3.02. The first-order valence-electron chi connectivity index (χ1n) is 6.00. The number of halogens is 1. The van der Waals surface area contributed by atoms with Gasteiger partial charge < -0.3 is 5.73 Å². The maximum atomic E-state index is 6.19. The van der Waals surface area contributed by atoms with Crippen LogP contribution in [0.15, 0.2) is 17.1 Å². The van der Waals surface area contributed by atoms with Crippen LogP contribution in [0.3, 0.4) is 0 Å². The largest absolute Gasteiger partial charge is 0.387 e. The number of amidine groups is 1. The molecule has 1 fully saturated rings. The van der Waals surface area contributed by atoms with Gasteiger partial charge in [0, 0.05) is 5.92 Å². The number of fused-ring (bicyclic) bond motifs is 1. The Morgan fingerprint density at radius 2 is 2.11 bits per heavy atom. The van der Waals surface area contributed by atoms with Crippen molar-refractivity contribution in [2.75, 3.05) is 0 Å². The van der Waals surface area contributed by atoms with Crippen molar-refractivity contribution in [1.29, 1.82) is 0 Å². The van der Waals surface area contributed by atoms with Crippen LogP contribution in [0.1, 0.15) is 25.7 Å². The lowest BCUT2D eigenvalue weighted by Gasteiger charge is -2.08. The van der Waals surface area contributed by atoms with Gasteiger partial charge in [-0.2, -0.15) is 8.75 Å². The third-order valence-electron chi connectivity index (χ3n) is 3.37. The molecule has 18 heavy (non-hydrogen) atoms. The molecule has 1 aromatic heterocycles. The van der Waals surface area contributed by atoms with Crippen molar-refractivity contribution >= 4 is 45.9 Å². The average molecular weight is 281 g/mol. The lowest BCUT2D eigenvalue weighted by Crippen LogP contribution is -2.20. The Hall–Kier alpha value is -1.20. The first-order valence-corrected chi connectivity index (χ1v) is 7.11. The van der Waals surface area contributed by atoms with E-state index in [2.05, 4.69) is 13.7 Å². The minimum absolute atomic E-state index is 0.392. The Morgan fingerprint density at radius 3 is 2.89 bits per heavy atom. The molecule has 94 valence electrons. The van der Waals surface area contributed by atoms with Crippen LogP contribution in [0.4, 0.5) is 5.69 Å². The van der Waals surface area contributed by atoms with Crippen LogP contribution in [0.2, 0.25) is 5.02 Å². The number of rotatable bonds is 2. The number of nitrogens with two attached hydrogens (primary N) is 1. The normalized spacial score (nSPS) is 17.7. The van der Waals surface area contributed by atoms with Crippen molar-refractivity contribution in [2.45, 2.75) is 25.7 Å². The second-order valence-electron chi connectivity index (χ2n) is 4.55. The van der Waals surface area contributed by atoms with E-state index in [1.54, 1.807) is 6.07 Å². The highest BCUT2D eigenvalue weighted by Crippen LogP contribution is 2.34. The molecule has 0 saturated heterocycles. The van der Waals surface area contributed by atoms with Crippen molar-refractivity contribution in [3.8, 4) is 0 Å². The molecule has 0 spiro atoms. The molecule has 0 bridgehead atoms. The number of benzene rings is 1. The monoisotopic (exact) mass is 280 g/mol. The van der Waals surface area contributed by atoms with Gasteiger partial charge in [0.25, 0.3) is 0 Å². The fourth-order valence-corrected chi connectivity index (χ4v) is 3.09. The molecule has 6 heteroatoms. The Labute approximate surface area is 114 Å². The number of aliphatic imine (C=N–C) groups is 1. The van der Waals surface area contributed by atoms with Crippen LogP contribution in [0.25, 0.3) is 11.0 Å². The molecule has 1 aliphatic rings. The molecule has 4 nitrogen and oxygen atoms in total. The number of nitrogens with zero attached hydrogens (tertiary/aromatic N) is 3. The lowest BCUT2D eigenvalue weighted by atomic mass is 10.1. The zero-order valence-corrected chi connectivity index (χ0v) is 11.3. The Morgan fingerprint density at radius 1 is 1.33 bits per heavy atom. The van der Waals surface area contributed by atoms with Gasteiger partial charge in [0.2, 0.25) is 0 Å². The summed E-state index contributed by atoms with van der Waals surface area (Å²) in [6.45, 7) is 0. The fraction of sp³-hybridized carbons (Fsp3) is 0.417. The zero-order valence-electron chi connectivity index (χ0n) is 9.77. The summed E-state index contributed by atoms with van der Waals surface area (Å²) in [5.74, 6) is 1.07. The standard InChI is InChI=1S/C12H13ClN4S/c13-8-5-6-9-11(17-18-16-9)10(8)15-12(14)7-3-1-2-4-7/h5-7H,1-4H2,(H2,14,15). The summed E-state index contributed by atoms with van der Waals surface area (Å²) < 4.78 is 8.43. The predicted octanol–water partition coefficient (Wildman–Crippen LogP) is 3.52. The van der Waals surface area contributed by atoms with Crippen LogP contribution in [-0.2, 0) is 0 Å². The summed E-state index contributed by atoms with van der Waals surface area (Å²) in [5, 5.41) is 0.580. The van der Waals surface area contributed by atoms with Crippen LogP contribution >= 0.6 is 23.3 Å². The van der Waals surface area contributed by atoms with Crippen molar-refractivity contribution in [3.63, 3.8) is 0 Å². The minimum atomic E-state index is 0.392. The molecule has 0 unspecified atom stereocenters. The minimum Gasteiger partial charge on any atom is -0.387 e. The Bertz CT molecular complexity index is 601. The van der Waals surface area contributed by atoms with Crippen LogP contribution < -0.4 is 5.73 Å². The van der Waals surface area contributed by atoms with E-state index in [0.717, 1.165) is 23.9 Å². The van der Waals surface area contributed by atoms with Gasteiger partial charge >= 0.3 is 0 Å². The highest BCUT2D eigenvalue weighted by atomic mass is 35.5. The molecular weight excluding hydrogens is 268 g/mol. The Balaban J connectivity index is 2.05. The molecule has 1 heterocycles.